The van der Waals surface area contributed by atoms with Crippen LogP contribution in [0, 0.1) is 0 Å². The van der Waals surface area contributed by atoms with Gasteiger partial charge in [-0.25, -0.2) is 9.59 Å². The molecule has 1 aliphatic rings. The lowest BCUT2D eigenvalue weighted by molar-refractivity contribution is -0.275. The smallest absolute Gasteiger partial charge is 0.489 e. The number of aliphatic carboxylic acids is 2. The molecule has 0 amide bonds. The third-order valence-corrected chi connectivity index (χ3v) is 3.11. The van der Waals surface area contributed by atoms with Crippen molar-refractivity contribution in [2.24, 2.45) is 5.73 Å². The van der Waals surface area contributed by atoms with Crippen LogP contribution < -0.4 is 15.2 Å². The lowest BCUT2D eigenvalue weighted by atomic mass is 10.0. The topological polar surface area (TPSA) is 160 Å². The van der Waals surface area contributed by atoms with Crippen LogP contribution in [-0.4, -0.2) is 57.5 Å². The van der Waals surface area contributed by atoms with E-state index in [0.717, 1.165) is 0 Å². The van der Waals surface area contributed by atoms with Crippen LogP contribution in [0.5, 0.6) is 11.5 Å². The van der Waals surface area contributed by atoms with E-state index in [1.54, 1.807) is 6.07 Å². The number of hydrogen-bond acceptors (Lipinski definition) is 7. The Morgan fingerprint density at radius 1 is 1.19 bits per heavy atom. The molecule has 12 heteroatoms. The Kier molecular flexibility index (Phi) is 7.18. The molecule has 1 aromatic carbocycles. The molecule has 3 atom stereocenters. The van der Waals surface area contributed by atoms with Crippen LogP contribution in [0.15, 0.2) is 18.2 Å². The molecule has 0 aliphatic carbocycles. The number of fused-ring (bicyclic) bond motifs is 1. The molecular weight excluding hydrogens is 367 g/mol. The second-order valence-electron chi connectivity index (χ2n) is 5.03. The monoisotopic (exact) mass is 383 g/mol. The summed E-state index contributed by atoms with van der Waals surface area (Å²) in [5.74, 6) is -3.77. The Hall–Kier alpha value is -2.57. The fourth-order valence-electron chi connectivity index (χ4n) is 1.90. The van der Waals surface area contributed by atoms with Crippen molar-refractivity contribution in [3.63, 3.8) is 0 Å². The number of carboxylic acids is 2. The molecule has 146 valence electrons. The van der Waals surface area contributed by atoms with Crippen molar-refractivity contribution in [3.05, 3.63) is 23.8 Å². The minimum Gasteiger partial charge on any atom is -0.489 e. The van der Waals surface area contributed by atoms with Gasteiger partial charge in [-0.1, -0.05) is 12.1 Å². The summed E-state index contributed by atoms with van der Waals surface area (Å²) in [5.41, 5.74) is 6.31. The van der Waals surface area contributed by atoms with Gasteiger partial charge in [0.15, 0.2) is 23.7 Å². The molecule has 0 unspecified atom stereocenters. The van der Waals surface area contributed by atoms with E-state index in [-0.39, 0.29) is 17.5 Å². The van der Waals surface area contributed by atoms with Gasteiger partial charge in [0.2, 0.25) is 0 Å². The predicted octanol–water partition coefficient (Wildman–Crippen LogP) is 0.245. The maximum Gasteiger partial charge on any atom is 0.573 e. The molecule has 6 N–H and O–H groups in total. The van der Waals surface area contributed by atoms with Crippen molar-refractivity contribution in [1.82, 2.24) is 0 Å². The first kappa shape index (κ1) is 21.5. The van der Waals surface area contributed by atoms with Crippen molar-refractivity contribution in [2.45, 2.75) is 31.0 Å². The molecule has 0 spiro atoms. The fourth-order valence-corrected chi connectivity index (χ4v) is 1.90. The van der Waals surface area contributed by atoms with Crippen LogP contribution in [0.4, 0.5) is 13.2 Å². The van der Waals surface area contributed by atoms with Gasteiger partial charge in [-0.15, -0.1) is 13.2 Å². The average Bonchev–Trinajstić information content (AvgIpc) is 2.53. The molecule has 0 saturated heterocycles. The summed E-state index contributed by atoms with van der Waals surface area (Å²) < 4.78 is 45.3. The summed E-state index contributed by atoms with van der Waals surface area (Å²) in [6.07, 6.45) is -8.67. The number of carbonyl (C=O) groups is 2. The number of rotatable bonds is 4. The Bertz CT molecular complexity index is 634. The van der Waals surface area contributed by atoms with Gasteiger partial charge in [-0.2, -0.15) is 0 Å². The van der Waals surface area contributed by atoms with E-state index < -0.39 is 30.5 Å². The Morgan fingerprint density at radius 2 is 1.73 bits per heavy atom. The molecule has 0 saturated carbocycles. The average molecular weight is 383 g/mol. The first-order valence-electron chi connectivity index (χ1n) is 7.02. The van der Waals surface area contributed by atoms with Gasteiger partial charge in [0.05, 0.1) is 6.61 Å². The zero-order valence-corrected chi connectivity index (χ0v) is 13.0. The summed E-state index contributed by atoms with van der Waals surface area (Å²) in [7, 11) is 0. The van der Waals surface area contributed by atoms with Gasteiger partial charge in [0, 0.05) is 18.0 Å². The Balaban J connectivity index is 0.000000294. The van der Waals surface area contributed by atoms with Crippen LogP contribution in [0.3, 0.4) is 0 Å². The number of nitrogens with two attached hydrogens (primary N) is 1. The quantitative estimate of drug-likeness (QED) is 0.491. The Labute approximate surface area is 144 Å². The van der Waals surface area contributed by atoms with Gasteiger partial charge in [-0.3, -0.25) is 0 Å². The van der Waals surface area contributed by atoms with E-state index in [1.807, 2.05) is 0 Å². The highest BCUT2D eigenvalue weighted by Gasteiger charge is 2.34. The fraction of sp³-hybridized carbons (Fsp3) is 0.429. The number of carboxylic acid groups (broad SMARTS) is 2. The lowest BCUT2D eigenvalue weighted by Crippen LogP contribution is -2.39. The first-order chi connectivity index (χ1) is 11.9. The molecule has 9 nitrogen and oxygen atoms in total. The van der Waals surface area contributed by atoms with Crippen molar-refractivity contribution >= 4 is 11.9 Å². The van der Waals surface area contributed by atoms with Crippen LogP contribution in [-0.2, 0) is 9.59 Å². The van der Waals surface area contributed by atoms with Crippen LogP contribution in [0.2, 0.25) is 0 Å². The van der Waals surface area contributed by atoms with Crippen LogP contribution in [0.25, 0.3) is 0 Å². The molecule has 0 aromatic heterocycles. The normalized spacial score (nSPS) is 18.3. The second kappa shape index (κ2) is 8.69. The first-order valence-corrected chi connectivity index (χ1v) is 7.02. The number of aliphatic hydroxyl groups excluding tert-OH is 2. The zero-order valence-electron chi connectivity index (χ0n) is 13.0. The highest BCUT2D eigenvalue weighted by Crippen LogP contribution is 2.40. The third kappa shape index (κ3) is 6.06. The molecule has 0 radical (unpaired) electrons. The SMILES string of the molecule is N[C@@H]1CCOc2c(OC(F)(F)F)cccc21.O=C(O)[C@@H](O)[C@H](O)C(=O)O. The van der Waals surface area contributed by atoms with Crippen molar-refractivity contribution < 1.29 is 52.7 Å². The minimum absolute atomic E-state index is 0.0959. The molecular formula is C14H16F3NO8. The number of hydrogen-bond donors (Lipinski definition) is 5. The Morgan fingerprint density at radius 3 is 2.19 bits per heavy atom. The van der Waals surface area contributed by atoms with E-state index in [0.29, 0.717) is 18.6 Å². The van der Waals surface area contributed by atoms with E-state index in [9.17, 15) is 22.8 Å². The summed E-state index contributed by atoms with van der Waals surface area (Å²) in [4.78, 5) is 19.5. The van der Waals surface area contributed by atoms with Gasteiger partial charge >= 0.3 is 18.3 Å². The predicted molar refractivity (Wildman–Crippen MR) is 77.5 cm³/mol. The number of aliphatic hydroxyl groups is 2. The van der Waals surface area contributed by atoms with E-state index in [4.69, 9.17) is 30.9 Å². The van der Waals surface area contributed by atoms with E-state index in [2.05, 4.69) is 4.74 Å². The molecule has 26 heavy (non-hydrogen) atoms. The standard InChI is InChI=1S/C10H10F3NO2.C4H6O6/c11-10(12,13)16-8-3-1-2-6-7(14)4-5-15-9(6)8;5-1(3(7)8)2(6)4(9)10/h1-3,7H,4-5,14H2;1-2,5-6H,(H,7,8)(H,9,10)/t7-;1-,2-/m10/s1. The molecule has 1 aliphatic heterocycles. The maximum atomic E-state index is 12.1. The van der Waals surface area contributed by atoms with Crippen molar-refractivity contribution in [3.8, 4) is 11.5 Å². The molecule has 1 heterocycles. The van der Waals surface area contributed by atoms with Gasteiger partial charge in [0.25, 0.3) is 0 Å². The number of ether oxygens (including phenoxy) is 2. The van der Waals surface area contributed by atoms with Crippen molar-refractivity contribution in [1.29, 1.82) is 0 Å². The van der Waals surface area contributed by atoms with Gasteiger partial charge < -0.3 is 35.6 Å². The molecule has 0 bridgehead atoms. The maximum absolute atomic E-state index is 12.1. The van der Waals surface area contributed by atoms with Gasteiger partial charge in [-0.05, 0) is 6.07 Å². The van der Waals surface area contributed by atoms with E-state index >= 15 is 0 Å². The molecule has 1 aromatic rings. The highest BCUT2D eigenvalue weighted by atomic mass is 19.4. The molecule has 2 rings (SSSR count). The number of alkyl halides is 3. The second-order valence-corrected chi connectivity index (χ2v) is 5.03. The summed E-state index contributed by atoms with van der Waals surface area (Å²) >= 11 is 0. The van der Waals surface area contributed by atoms with Gasteiger partial charge in [0.1, 0.15) is 0 Å². The minimum atomic E-state index is -4.72. The largest absolute Gasteiger partial charge is 0.573 e. The number of para-hydroxylation sites is 1. The lowest BCUT2D eigenvalue weighted by Gasteiger charge is -2.25. The zero-order chi connectivity index (χ0) is 20.1. The highest BCUT2D eigenvalue weighted by molar-refractivity contribution is 5.83. The van der Waals surface area contributed by atoms with Crippen molar-refractivity contribution in [2.75, 3.05) is 6.61 Å². The van der Waals surface area contributed by atoms with Crippen LogP contribution >= 0.6 is 0 Å². The van der Waals surface area contributed by atoms with E-state index in [1.165, 1.54) is 12.1 Å². The molecule has 0 fully saturated rings. The number of benzene rings is 1. The van der Waals surface area contributed by atoms with Crippen LogP contribution in [0.1, 0.15) is 18.0 Å². The summed E-state index contributed by atoms with van der Waals surface area (Å²) in [5, 5.41) is 32.5. The number of halogens is 3. The summed E-state index contributed by atoms with van der Waals surface area (Å²) in [6, 6.07) is 4.02. The summed E-state index contributed by atoms with van der Waals surface area (Å²) in [6.45, 7) is 0.298. The third-order valence-electron chi connectivity index (χ3n) is 3.11.